The van der Waals surface area contributed by atoms with E-state index in [0.717, 1.165) is 12.3 Å². The van der Waals surface area contributed by atoms with E-state index in [1.807, 2.05) is 0 Å². The predicted octanol–water partition coefficient (Wildman–Crippen LogP) is 0.408. The summed E-state index contributed by atoms with van der Waals surface area (Å²) in [7, 11) is -7.20. The summed E-state index contributed by atoms with van der Waals surface area (Å²) >= 11 is 0. The fourth-order valence-electron chi connectivity index (χ4n) is 3.96. The molecule has 0 aromatic heterocycles. The van der Waals surface area contributed by atoms with E-state index in [1.54, 1.807) is 11.8 Å². The average molecular weight is 475 g/mol. The van der Waals surface area contributed by atoms with Crippen molar-refractivity contribution in [3.63, 3.8) is 0 Å². The van der Waals surface area contributed by atoms with Gasteiger partial charge >= 0.3 is 0 Å². The van der Waals surface area contributed by atoms with Crippen LogP contribution in [0.5, 0.6) is 0 Å². The smallest absolute Gasteiger partial charge is 0.270 e. The summed E-state index contributed by atoms with van der Waals surface area (Å²) in [6.45, 7) is 3.01. The first-order chi connectivity index (χ1) is 14.4. The fourth-order valence-corrected chi connectivity index (χ4v) is 6.50. The van der Waals surface area contributed by atoms with E-state index in [1.165, 1.54) is 20.7 Å². The molecule has 2 saturated heterocycles. The Kier molecular flexibility index (Phi) is 6.69. The molecule has 2 aliphatic heterocycles. The lowest BCUT2D eigenvalue weighted by Gasteiger charge is -2.37. The molecule has 0 unspecified atom stereocenters. The quantitative estimate of drug-likeness (QED) is 0.445. The lowest BCUT2D eigenvalue weighted by molar-refractivity contribution is -0.385. The van der Waals surface area contributed by atoms with Gasteiger partial charge in [-0.2, -0.15) is 8.61 Å². The maximum absolute atomic E-state index is 13.0. The fraction of sp³-hybridized carbons (Fsp3) is 0.611. The van der Waals surface area contributed by atoms with Crippen LogP contribution in [0.4, 0.5) is 5.69 Å². The summed E-state index contributed by atoms with van der Waals surface area (Å²) in [5.41, 5.74) is 0.134. The lowest BCUT2D eigenvalue weighted by Crippen LogP contribution is -2.52. The van der Waals surface area contributed by atoms with E-state index in [2.05, 4.69) is 0 Å². The summed E-state index contributed by atoms with van der Waals surface area (Å²) in [5.74, 6) is -0.417. The van der Waals surface area contributed by atoms with Crippen molar-refractivity contribution in [2.45, 2.75) is 24.7 Å². The number of nitro benzene ring substituents is 1. The van der Waals surface area contributed by atoms with Crippen LogP contribution in [0.2, 0.25) is 0 Å². The Morgan fingerprint density at radius 2 is 1.58 bits per heavy atom. The first-order valence-electron chi connectivity index (χ1n) is 9.90. The number of nitro groups is 1. The zero-order valence-corrected chi connectivity index (χ0v) is 19.1. The number of non-ortho nitro benzene ring substituents is 1. The minimum absolute atomic E-state index is 0.0864. The van der Waals surface area contributed by atoms with Crippen molar-refractivity contribution in [2.24, 2.45) is 5.92 Å². The molecule has 13 heteroatoms. The second kappa shape index (κ2) is 8.81. The average Bonchev–Trinajstić information content (AvgIpc) is 2.72. The topological polar surface area (TPSA) is 138 Å². The molecule has 1 amide bonds. The van der Waals surface area contributed by atoms with Crippen LogP contribution in [-0.2, 0) is 24.8 Å². The van der Waals surface area contributed by atoms with E-state index < -0.39 is 25.0 Å². The van der Waals surface area contributed by atoms with Gasteiger partial charge < -0.3 is 4.90 Å². The Morgan fingerprint density at radius 3 is 2.10 bits per heavy atom. The Labute approximate surface area is 181 Å². The molecule has 172 valence electrons. The molecule has 0 radical (unpaired) electrons. The third kappa shape index (κ3) is 5.05. The van der Waals surface area contributed by atoms with Crippen LogP contribution in [0.1, 0.15) is 18.4 Å². The summed E-state index contributed by atoms with van der Waals surface area (Å²) < 4.78 is 51.9. The van der Waals surface area contributed by atoms with Crippen LogP contribution in [-0.4, -0.2) is 86.7 Å². The molecular formula is C18H26N4O7S2. The maximum Gasteiger partial charge on any atom is 0.270 e. The van der Waals surface area contributed by atoms with Gasteiger partial charge in [-0.05, 0) is 25.3 Å². The maximum atomic E-state index is 13.0. The Bertz CT molecular complexity index is 1070. The molecule has 1 aromatic carbocycles. The Morgan fingerprint density at radius 1 is 1.00 bits per heavy atom. The molecule has 0 N–H and O–H groups in total. The van der Waals surface area contributed by atoms with E-state index in [0.29, 0.717) is 31.5 Å². The summed E-state index contributed by atoms with van der Waals surface area (Å²) in [6.07, 6.45) is 1.83. The SMILES string of the molecule is Cc1ccc([N+](=O)[O-])cc1S(=O)(=O)N1CCC(C(=O)N2CCN(S(C)(=O)=O)CC2)CC1. The minimum atomic E-state index is -3.92. The number of piperazine rings is 1. The van der Waals surface area contributed by atoms with Crippen molar-refractivity contribution >= 4 is 31.6 Å². The van der Waals surface area contributed by atoms with Gasteiger partial charge in [0.15, 0.2) is 0 Å². The number of benzene rings is 1. The van der Waals surface area contributed by atoms with Crippen LogP contribution >= 0.6 is 0 Å². The summed E-state index contributed by atoms with van der Waals surface area (Å²) in [6, 6.07) is 3.75. The first-order valence-corrected chi connectivity index (χ1v) is 13.2. The van der Waals surface area contributed by atoms with Gasteiger partial charge in [0.05, 0.1) is 16.1 Å². The second-order valence-corrected chi connectivity index (χ2v) is 11.8. The van der Waals surface area contributed by atoms with Gasteiger partial charge in [0.1, 0.15) is 0 Å². The molecule has 2 aliphatic rings. The summed E-state index contributed by atoms with van der Waals surface area (Å²) in [4.78, 5) is 24.8. The molecule has 0 spiro atoms. The highest BCUT2D eigenvalue weighted by Gasteiger charge is 2.36. The van der Waals surface area contributed by atoms with Crippen molar-refractivity contribution in [3.8, 4) is 0 Å². The van der Waals surface area contributed by atoms with E-state index in [-0.39, 0.29) is 48.6 Å². The highest BCUT2D eigenvalue weighted by Crippen LogP contribution is 2.29. The number of piperidine rings is 1. The van der Waals surface area contributed by atoms with Crippen LogP contribution in [0.15, 0.2) is 23.1 Å². The molecule has 2 heterocycles. The molecule has 0 bridgehead atoms. The highest BCUT2D eigenvalue weighted by molar-refractivity contribution is 7.89. The minimum Gasteiger partial charge on any atom is -0.340 e. The number of carbonyl (C=O) groups is 1. The van der Waals surface area contributed by atoms with Gasteiger partial charge in [-0.15, -0.1) is 0 Å². The van der Waals surface area contributed by atoms with Crippen molar-refractivity contribution in [1.29, 1.82) is 0 Å². The number of rotatable bonds is 5. The molecule has 3 rings (SSSR count). The van der Waals surface area contributed by atoms with Crippen LogP contribution in [0, 0.1) is 23.0 Å². The molecule has 1 aromatic rings. The third-order valence-electron chi connectivity index (χ3n) is 5.82. The van der Waals surface area contributed by atoms with Gasteiger partial charge in [0.2, 0.25) is 26.0 Å². The van der Waals surface area contributed by atoms with Crippen LogP contribution < -0.4 is 0 Å². The van der Waals surface area contributed by atoms with Crippen LogP contribution in [0.25, 0.3) is 0 Å². The number of carbonyl (C=O) groups excluding carboxylic acids is 1. The molecular weight excluding hydrogens is 448 g/mol. The standard InChI is InChI=1S/C18H26N4O7S2/c1-14-3-4-16(22(24)25)13-17(14)31(28,29)21-7-5-15(6-8-21)18(23)19-9-11-20(12-10-19)30(2,26)27/h3-4,13,15H,5-12H2,1-2H3. The van der Waals surface area contributed by atoms with Gasteiger partial charge in [-0.3, -0.25) is 14.9 Å². The molecule has 0 saturated carbocycles. The van der Waals surface area contributed by atoms with Gasteiger partial charge in [-0.1, -0.05) is 6.07 Å². The van der Waals surface area contributed by atoms with Crippen molar-refractivity contribution in [2.75, 3.05) is 45.5 Å². The van der Waals surface area contributed by atoms with Crippen molar-refractivity contribution in [1.82, 2.24) is 13.5 Å². The number of aryl methyl sites for hydroxylation is 1. The first kappa shape index (κ1) is 23.6. The third-order valence-corrected chi connectivity index (χ3v) is 9.17. The molecule has 0 atom stereocenters. The van der Waals surface area contributed by atoms with Gasteiger partial charge in [0, 0.05) is 57.3 Å². The molecule has 0 aliphatic carbocycles. The van der Waals surface area contributed by atoms with E-state index >= 15 is 0 Å². The normalized spacial score (nSPS) is 20.0. The lowest BCUT2D eigenvalue weighted by atomic mass is 9.96. The van der Waals surface area contributed by atoms with Crippen LogP contribution in [0.3, 0.4) is 0 Å². The molecule has 31 heavy (non-hydrogen) atoms. The molecule has 11 nitrogen and oxygen atoms in total. The zero-order valence-electron chi connectivity index (χ0n) is 17.4. The zero-order chi connectivity index (χ0) is 23.0. The van der Waals surface area contributed by atoms with Crippen molar-refractivity contribution < 1.29 is 26.6 Å². The van der Waals surface area contributed by atoms with E-state index in [4.69, 9.17) is 0 Å². The summed E-state index contributed by atoms with van der Waals surface area (Å²) in [5, 5.41) is 11.0. The number of hydrogen-bond donors (Lipinski definition) is 0. The van der Waals surface area contributed by atoms with E-state index in [9.17, 15) is 31.7 Å². The van der Waals surface area contributed by atoms with Crippen molar-refractivity contribution in [3.05, 3.63) is 33.9 Å². The molecule has 2 fully saturated rings. The van der Waals surface area contributed by atoms with Gasteiger partial charge in [0.25, 0.3) is 5.69 Å². The second-order valence-electron chi connectivity index (χ2n) is 7.87. The Balaban J connectivity index is 1.64. The Hall–Kier alpha value is -2.09. The highest BCUT2D eigenvalue weighted by atomic mass is 32.2. The largest absolute Gasteiger partial charge is 0.340 e. The number of hydrogen-bond acceptors (Lipinski definition) is 7. The predicted molar refractivity (Wildman–Crippen MR) is 112 cm³/mol. The number of nitrogens with zero attached hydrogens (tertiary/aromatic N) is 4. The monoisotopic (exact) mass is 474 g/mol. The number of sulfonamides is 2. The number of amides is 1. The van der Waals surface area contributed by atoms with Gasteiger partial charge in [-0.25, -0.2) is 16.8 Å².